The Morgan fingerprint density at radius 3 is 2.59 bits per heavy atom. The second-order valence-electron chi connectivity index (χ2n) is 8.59. The molecule has 4 rings (SSSR count). The summed E-state index contributed by atoms with van der Waals surface area (Å²) >= 11 is 3.51. The lowest BCUT2D eigenvalue weighted by molar-refractivity contribution is -0.160. The van der Waals surface area contributed by atoms with E-state index in [0.29, 0.717) is 35.0 Å². The highest BCUT2D eigenvalue weighted by molar-refractivity contribution is 9.10. The number of benzene rings is 2. The summed E-state index contributed by atoms with van der Waals surface area (Å²) in [5.41, 5.74) is 3.75. The minimum Gasteiger partial charge on any atom is -0.462 e. The number of hydrogen-bond acceptors (Lipinski definition) is 3. The number of nitrogens with zero attached hydrogens (tertiary/aromatic N) is 1. The summed E-state index contributed by atoms with van der Waals surface area (Å²) in [6.07, 6.45) is 0.0517. The van der Waals surface area contributed by atoms with E-state index < -0.39 is 6.10 Å². The van der Waals surface area contributed by atoms with Crippen LogP contribution in [0.4, 0.5) is 4.39 Å². The first-order valence-electron chi connectivity index (χ1n) is 11.0. The number of rotatable bonds is 6. The molecular formula is C26H27BrFNO3. The molecule has 2 heterocycles. The Balaban J connectivity index is 1.71. The maximum atomic E-state index is 15.8. The molecule has 1 aliphatic rings. The van der Waals surface area contributed by atoms with Crippen LogP contribution in [0.3, 0.4) is 0 Å². The van der Waals surface area contributed by atoms with E-state index >= 15 is 4.39 Å². The van der Waals surface area contributed by atoms with Gasteiger partial charge in [0.25, 0.3) is 0 Å². The molecule has 1 aromatic heterocycles. The molecule has 168 valence electrons. The maximum absolute atomic E-state index is 15.8. The first kappa shape index (κ1) is 22.7. The van der Waals surface area contributed by atoms with Gasteiger partial charge < -0.3 is 14.4 Å². The van der Waals surface area contributed by atoms with Gasteiger partial charge in [-0.3, -0.25) is 4.79 Å². The van der Waals surface area contributed by atoms with Gasteiger partial charge in [-0.1, -0.05) is 60.1 Å². The summed E-state index contributed by atoms with van der Waals surface area (Å²) in [6.45, 7) is 4.78. The summed E-state index contributed by atoms with van der Waals surface area (Å²) in [4.78, 5) is 11.7. The van der Waals surface area contributed by atoms with Crippen molar-refractivity contribution in [2.75, 3.05) is 0 Å². The molecule has 0 saturated carbocycles. The van der Waals surface area contributed by atoms with Gasteiger partial charge in [0, 0.05) is 40.7 Å². The van der Waals surface area contributed by atoms with Crippen LogP contribution in [0.1, 0.15) is 44.7 Å². The SMILES string of the molecule is CC(C)c1ccc(-c2ccc(Br)c(-c3ccccc3)c2F)n1CC[C@@H]1C[C@@H](O)CC(=O)O1. The number of carbonyl (C=O) groups is 1. The first-order chi connectivity index (χ1) is 15.3. The number of hydrogen-bond donors (Lipinski definition) is 1. The minimum absolute atomic E-state index is 0.0505. The molecule has 3 aromatic rings. The van der Waals surface area contributed by atoms with Gasteiger partial charge in [0.15, 0.2) is 0 Å². The Labute approximate surface area is 196 Å². The lowest BCUT2D eigenvalue weighted by atomic mass is 10.00. The Bertz CT molecular complexity index is 1110. The van der Waals surface area contributed by atoms with Crippen LogP contribution in [0.25, 0.3) is 22.4 Å². The van der Waals surface area contributed by atoms with E-state index in [9.17, 15) is 9.90 Å². The van der Waals surface area contributed by atoms with Crippen LogP contribution >= 0.6 is 15.9 Å². The van der Waals surface area contributed by atoms with Gasteiger partial charge in [-0.15, -0.1) is 0 Å². The molecule has 0 aliphatic carbocycles. The Kier molecular flexibility index (Phi) is 6.82. The van der Waals surface area contributed by atoms with Crippen molar-refractivity contribution in [3.8, 4) is 22.4 Å². The van der Waals surface area contributed by atoms with Crippen molar-refractivity contribution in [1.29, 1.82) is 0 Å². The fourth-order valence-corrected chi connectivity index (χ4v) is 4.94. The molecule has 2 aromatic carbocycles. The Morgan fingerprint density at radius 2 is 1.91 bits per heavy atom. The molecule has 32 heavy (non-hydrogen) atoms. The van der Waals surface area contributed by atoms with E-state index in [1.165, 1.54) is 0 Å². The van der Waals surface area contributed by atoms with Crippen LogP contribution in [0.2, 0.25) is 0 Å². The van der Waals surface area contributed by atoms with E-state index in [1.54, 1.807) is 6.07 Å². The third-order valence-electron chi connectivity index (χ3n) is 5.95. The number of ether oxygens (including phenoxy) is 1. The summed E-state index contributed by atoms with van der Waals surface area (Å²) in [5, 5.41) is 9.92. The van der Waals surface area contributed by atoms with Gasteiger partial charge in [-0.2, -0.15) is 0 Å². The van der Waals surface area contributed by atoms with Crippen LogP contribution in [0.5, 0.6) is 0 Å². The fraction of sp³-hybridized carbons (Fsp3) is 0.346. The largest absolute Gasteiger partial charge is 0.462 e. The number of cyclic esters (lactones) is 1. The highest BCUT2D eigenvalue weighted by Crippen LogP contribution is 2.38. The van der Waals surface area contributed by atoms with Crippen LogP contribution in [0.15, 0.2) is 59.1 Å². The molecule has 2 atom stereocenters. The Hall–Kier alpha value is -2.44. The maximum Gasteiger partial charge on any atom is 0.308 e. The van der Waals surface area contributed by atoms with Gasteiger partial charge in [0.05, 0.1) is 18.2 Å². The van der Waals surface area contributed by atoms with Crippen molar-refractivity contribution in [2.24, 2.45) is 0 Å². The average molecular weight is 500 g/mol. The quantitative estimate of drug-likeness (QED) is 0.404. The topological polar surface area (TPSA) is 51.5 Å². The smallest absolute Gasteiger partial charge is 0.308 e. The number of aromatic nitrogens is 1. The van der Waals surface area contributed by atoms with Gasteiger partial charge >= 0.3 is 5.97 Å². The highest BCUT2D eigenvalue weighted by atomic mass is 79.9. The molecule has 1 N–H and O–H groups in total. The molecule has 0 unspecified atom stereocenters. The van der Waals surface area contributed by atoms with Crippen molar-refractivity contribution in [1.82, 2.24) is 4.57 Å². The molecule has 0 amide bonds. The minimum atomic E-state index is -0.660. The summed E-state index contributed by atoms with van der Waals surface area (Å²) in [6, 6.07) is 17.2. The molecular weight excluding hydrogens is 473 g/mol. The first-order valence-corrected chi connectivity index (χ1v) is 11.7. The molecule has 0 radical (unpaired) electrons. The Morgan fingerprint density at radius 1 is 1.16 bits per heavy atom. The van der Waals surface area contributed by atoms with Gasteiger partial charge in [0.1, 0.15) is 11.9 Å². The van der Waals surface area contributed by atoms with Gasteiger partial charge in [0.2, 0.25) is 0 Å². The van der Waals surface area contributed by atoms with E-state index in [4.69, 9.17) is 4.74 Å². The van der Waals surface area contributed by atoms with E-state index in [-0.39, 0.29) is 30.2 Å². The van der Waals surface area contributed by atoms with E-state index in [1.807, 2.05) is 48.5 Å². The van der Waals surface area contributed by atoms with Crippen LogP contribution in [-0.4, -0.2) is 27.9 Å². The predicted molar refractivity (Wildman–Crippen MR) is 127 cm³/mol. The van der Waals surface area contributed by atoms with Crippen molar-refractivity contribution in [3.05, 3.63) is 70.6 Å². The number of halogens is 2. The number of aliphatic hydroxyl groups is 1. The second-order valence-corrected chi connectivity index (χ2v) is 9.45. The zero-order chi connectivity index (χ0) is 22.8. The number of esters is 1. The highest BCUT2D eigenvalue weighted by Gasteiger charge is 2.28. The van der Waals surface area contributed by atoms with Gasteiger partial charge in [-0.05, 0) is 35.7 Å². The molecule has 0 spiro atoms. The standard InChI is InChI=1S/C26H27BrFNO3/c1-16(2)22-10-11-23(29(22)13-12-19-14-18(30)15-24(31)32-19)20-8-9-21(27)25(26(20)28)17-6-4-3-5-7-17/h3-11,16,18-19,30H,12-15H2,1-2H3/t18-,19-/m1/s1. The lowest BCUT2D eigenvalue weighted by Crippen LogP contribution is -2.33. The fourth-order valence-electron chi connectivity index (χ4n) is 4.40. The zero-order valence-electron chi connectivity index (χ0n) is 18.2. The van der Waals surface area contributed by atoms with E-state index in [2.05, 4.69) is 34.3 Å². The third-order valence-corrected chi connectivity index (χ3v) is 6.61. The van der Waals surface area contributed by atoms with E-state index in [0.717, 1.165) is 17.0 Å². The molecule has 1 aliphatic heterocycles. The second kappa shape index (κ2) is 9.59. The number of carbonyl (C=O) groups excluding carboxylic acids is 1. The molecule has 6 heteroatoms. The van der Waals surface area contributed by atoms with Crippen LogP contribution in [0, 0.1) is 5.82 Å². The molecule has 4 nitrogen and oxygen atoms in total. The summed E-state index contributed by atoms with van der Waals surface area (Å²) in [7, 11) is 0. The summed E-state index contributed by atoms with van der Waals surface area (Å²) < 4.78 is 24.1. The summed E-state index contributed by atoms with van der Waals surface area (Å²) in [5.74, 6) is -0.396. The third kappa shape index (κ3) is 4.66. The normalized spacial score (nSPS) is 18.8. The van der Waals surface area contributed by atoms with Crippen molar-refractivity contribution < 1.29 is 19.0 Å². The zero-order valence-corrected chi connectivity index (χ0v) is 19.8. The monoisotopic (exact) mass is 499 g/mol. The van der Waals surface area contributed by atoms with Crippen molar-refractivity contribution in [2.45, 2.75) is 57.8 Å². The van der Waals surface area contributed by atoms with Crippen molar-refractivity contribution in [3.63, 3.8) is 0 Å². The predicted octanol–water partition coefficient (Wildman–Crippen LogP) is 6.30. The molecule has 1 fully saturated rings. The van der Waals surface area contributed by atoms with Crippen LogP contribution in [-0.2, 0) is 16.1 Å². The van der Waals surface area contributed by atoms with Crippen LogP contribution < -0.4 is 0 Å². The van der Waals surface area contributed by atoms with Gasteiger partial charge in [-0.25, -0.2) is 4.39 Å². The lowest BCUT2D eigenvalue weighted by Gasteiger charge is -2.27. The molecule has 1 saturated heterocycles. The molecule has 0 bridgehead atoms. The average Bonchev–Trinajstić information content (AvgIpc) is 3.16. The number of aliphatic hydroxyl groups excluding tert-OH is 1. The van der Waals surface area contributed by atoms with Crippen molar-refractivity contribution >= 4 is 21.9 Å².